The molecule has 0 fully saturated rings. The van der Waals surface area contributed by atoms with Gasteiger partial charge in [0.05, 0.1) is 0 Å². The predicted molar refractivity (Wildman–Crippen MR) is 95.4 cm³/mol. The molecule has 126 valence electrons. The summed E-state index contributed by atoms with van der Waals surface area (Å²) in [6.07, 6.45) is 0. The molecule has 0 saturated carbocycles. The van der Waals surface area contributed by atoms with Crippen molar-refractivity contribution in [3.63, 3.8) is 0 Å². The summed E-state index contributed by atoms with van der Waals surface area (Å²) in [7, 11) is 0. The molecule has 0 amide bonds. The molecule has 0 saturated heterocycles. The first-order chi connectivity index (χ1) is 9.80. The van der Waals surface area contributed by atoms with Crippen LogP contribution < -0.4 is 9.47 Å². The van der Waals surface area contributed by atoms with Gasteiger partial charge in [0, 0.05) is 6.07 Å². The van der Waals surface area contributed by atoms with Gasteiger partial charge in [-0.3, -0.25) is 0 Å². The molecule has 0 N–H and O–H groups in total. The smallest absolute Gasteiger partial charge is 0.127 e. The molecule has 1 rings (SSSR count). The van der Waals surface area contributed by atoms with Crippen molar-refractivity contribution in [3.05, 3.63) is 23.3 Å². The highest BCUT2D eigenvalue weighted by molar-refractivity contribution is 5.49. The zero-order valence-electron chi connectivity index (χ0n) is 16.1. The first-order valence-electron chi connectivity index (χ1n) is 8.36. The number of ether oxygens (including phenoxy) is 2. The van der Waals surface area contributed by atoms with Crippen molar-refractivity contribution in [3.8, 4) is 11.5 Å². The molecule has 0 aliphatic carbocycles. The van der Waals surface area contributed by atoms with E-state index in [4.69, 9.17) is 9.47 Å². The van der Waals surface area contributed by atoms with Crippen LogP contribution in [0.5, 0.6) is 11.5 Å². The van der Waals surface area contributed by atoms with E-state index in [1.165, 1.54) is 11.1 Å². The highest BCUT2D eigenvalue weighted by Gasteiger charge is 2.23. The lowest BCUT2D eigenvalue weighted by Crippen LogP contribution is -2.26. The predicted octanol–water partition coefficient (Wildman–Crippen LogP) is 6.29. The molecule has 22 heavy (non-hydrogen) atoms. The van der Waals surface area contributed by atoms with Crippen LogP contribution in [0.2, 0.25) is 0 Å². The fraction of sp³-hybridized carbons (Fsp3) is 0.700. The van der Waals surface area contributed by atoms with E-state index >= 15 is 0 Å². The van der Waals surface area contributed by atoms with Crippen LogP contribution in [-0.2, 0) is 0 Å². The SMILES string of the molecule is CC(C)c1cc(C(C)C)c(OC(C)(C)C)cc1OC(C)(C)C. The molecule has 2 nitrogen and oxygen atoms in total. The molecule has 0 radical (unpaired) electrons. The Balaban J connectivity index is 3.45. The first-order valence-corrected chi connectivity index (χ1v) is 8.36. The minimum absolute atomic E-state index is 0.220. The van der Waals surface area contributed by atoms with Gasteiger partial charge in [0.15, 0.2) is 0 Å². The summed E-state index contributed by atoms with van der Waals surface area (Å²) in [6, 6.07) is 4.35. The van der Waals surface area contributed by atoms with E-state index in [0.29, 0.717) is 11.8 Å². The fourth-order valence-electron chi connectivity index (χ4n) is 2.33. The molecule has 0 heterocycles. The van der Waals surface area contributed by atoms with Crippen molar-refractivity contribution in [2.45, 2.75) is 92.3 Å². The third-order valence-corrected chi connectivity index (χ3v) is 3.22. The summed E-state index contributed by atoms with van der Waals surface area (Å²) in [5.41, 5.74) is 2.06. The molecule has 0 aromatic heterocycles. The lowest BCUT2D eigenvalue weighted by atomic mass is 9.93. The highest BCUT2D eigenvalue weighted by Crippen LogP contribution is 2.39. The van der Waals surface area contributed by atoms with Crippen molar-refractivity contribution in [1.29, 1.82) is 0 Å². The summed E-state index contributed by atoms with van der Waals surface area (Å²) in [6.45, 7) is 21.3. The van der Waals surface area contributed by atoms with Gasteiger partial charge in [-0.2, -0.15) is 0 Å². The van der Waals surface area contributed by atoms with Gasteiger partial charge >= 0.3 is 0 Å². The molecule has 0 unspecified atom stereocenters. The van der Waals surface area contributed by atoms with Crippen LogP contribution in [0.4, 0.5) is 0 Å². The molecule has 1 aromatic carbocycles. The molecule has 1 aromatic rings. The summed E-state index contributed by atoms with van der Waals surface area (Å²) in [5.74, 6) is 2.70. The highest BCUT2D eigenvalue weighted by atomic mass is 16.5. The second kappa shape index (κ2) is 6.52. The van der Waals surface area contributed by atoms with Gasteiger partial charge in [0.1, 0.15) is 22.7 Å². The third kappa shape index (κ3) is 5.55. The molecule has 0 aliphatic heterocycles. The number of hydrogen-bond donors (Lipinski definition) is 0. The Morgan fingerprint density at radius 2 is 0.955 bits per heavy atom. The Kier molecular flexibility index (Phi) is 5.59. The van der Waals surface area contributed by atoms with E-state index < -0.39 is 0 Å². The van der Waals surface area contributed by atoms with Crippen LogP contribution in [0, 0.1) is 0 Å². The van der Waals surface area contributed by atoms with Crippen LogP contribution in [0.25, 0.3) is 0 Å². The lowest BCUT2D eigenvalue weighted by Gasteiger charge is -2.29. The van der Waals surface area contributed by atoms with Gasteiger partial charge in [0.25, 0.3) is 0 Å². The summed E-state index contributed by atoms with van der Waals surface area (Å²) < 4.78 is 12.4. The number of benzene rings is 1. The van der Waals surface area contributed by atoms with E-state index in [1.54, 1.807) is 0 Å². The second-order valence-corrected chi connectivity index (χ2v) is 8.67. The molecule has 0 atom stereocenters. The molecule has 0 aliphatic rings. The standard InChI is InChI=1S/C20H34O2/c1-13(2)15-11-16(14(3)4)18(22-20(8,9)10)12-17(15)21-19(5,6)7/h11-14H,1-10H3. The average molecular weight is 306 g/mol. The lowest BCUT2D eigenvalue weighted by molar-refractivity contribution is 0.118. The summed E-state index contributed by atoms with van der Waals surface area (Å²) in [4.78, 5) is 0. The quantitative estimate of drug-likeness (QED) is 0.651. The van der Waals surface area contributed by atoms with Crippen molar-refractivity contribution < 1.29 is 9.47 Å². The van der Waals surface area contributed by atoms with E-state index in [0.717, 1.165) is 11.5 Å². The minimum Gasteiger partial charge on any atom is -0.488 e. The third-order valence-electron chi connectivity index (χ3n) is 3.22. The zero-order valence-corrected chi connectivity index (χ0v) is 16.1. The maximum Gasteiger partial charge on any atom is 0.127 e. The van der Waals surface area contributed by atoms with Gasteiger partial charge in [0.2, 0.25) is 0 Å². The van der Waals surface area contributed by atoms with Crippen LogP contribution in [0.3, 0.4) is 0 Å². The maximum absolute atomic E-state index is 6.20. The van der Waals surface area contributed by atoms with Gasteiger partial charge in [-0.25, -0.2) is 0 Å². The monoisotopic (exact) mass is 306 g/mol. The Bertz CT molecular complexity index is 456. The van der Waals surface area contributed by atoms with Crippen LogP contribution in [0.15, 0.2) is 12.1 Å². The topological polar surface area (TPSA) is 18.5 Å². The molecular formula is C20H34O2. The average Bonchev–Trinajstić information content (AvgIpc) is 2.23. The fourth-order valence-corrected chi connectivity index (χ4v) is 2.33. The molecular weight excluding hydrogens is 272 g/mol. The maximum atomic E-state index is 6.20. The molecule has 0 spiro atoms. The molecule has 2 heteroatoms. The van der Waals surface area contributed by atoms with Crippen LogP contribution in [-0.4, -0.2) is 11.2 Å². The normalized spacial score (nSPS) is 12.9. The van der Waals surface area contributed by atoms with E-state index in [1.807, 2.05) is 0 Å². The Hall–Kier alpha value is -1.18. The van der Waals surface area contributed by atoms with Gasteiger partial charge in [-0.15, -0.1) is 0 Å². The second-order valence-electron chi connectivity index (χ2n) is 8.67. The number of hydrogen-bond acceptors (Lipinski definition) is 2. The zero-order chi connectivity index (χ0) is 17.3. The minimum atomic E-state index is -0.220. The van der Waals surface area contributed by atoms with Crippen molar-refractivity contribution in [1.82, 2.24) is 0 Å². The van der Waals surface area contributed by atoms with E-state index in [-0.39, 0.29) is 11.2 Å². The first kappa shape index (κ1) is 18.9. The van der Waals surface area contributed by atoms with E-state index in [2.05, 4.69) is 81.4 Å². The van der Waals surface area contributed by atoms with E-state index in [9.17, 15) is 0 Å². The largest absolute Gasteiger partial charge is 0.488 e. The van der Waals surface area contributed by atoms with Gasteiger partial charge < -0.3 is 9.47 Å². The molecule has 0 bridgehead atoms. The van der Waals surface area contributed by atoms with Crippen LogP contribution in [0.1, 0.15) is 92.2 Å². The van der Waals surface area contributed by atoms with Crippen molar-refractivity contribution in [2.75, 3.05) is 0 Å². The Morgan fingerprint density at radius 1 is 0.636 bits per heavy atom. The Morgan fingerprint density at radius 3 is 1.18 bits per heavy atom. The van der Waals surface area contributed by atoms with Gasteiger partial charge in [-0.05, 0) is 70.6 Å². The number of rotatable bonds is 4. The van der Waals surface area contributed by atoms with Gasteiger partial charge in [-0.1, -0.05) is 27.7 Å². The summed E-state index contributed by atoms with van der Waals surface area (Å²) in [5, 5.41) is 0. The van der Waals surface area contributed by atoms with Crippen molar-refractivity contribution in [2.24, 2.45) is 0 Å². The Labute approximate surface area is 137 Å². The van der Waals surface area contributed by atoms with Crippen LogP contribution >= 0.6 is 0 Å². The van der Waals surface area contributed by atoms with Crippen molar-refractivity contribution >= 4 is 0 Å². The summed E-state index contributed by atoms with van der Waals surface area (Å²) >= 11 is 0.